The average Bonchev–Trinajstić information content (AvgIpc) is 2.67. The van der Waals surface area contributed by atoms with Gasteiger partial charge in [0.25, 0.3) is 0 Å². The van der Waals surface area contributed by atoms with Crippen LogP contribution in [-0.2, 0) is 0 Å². The number of thioether (sulfide) groups is 1. The molecule has 7 heteroatoms. The SMILES string of the molecule is CSc1ncc(C#N)c(N2CCC(COc3ccccn3)CC2)n1. The maximum absolute atomic E-state index is 9.28. The van der Waals surface area contributed by atoms with Crippen molar-refractivity contribution in [2.24, 2.45) is 5.92 Å². The Bertz CT molecular complexity index is 711. The van der Waals surface area contributed by atoms with E-state index in [4.69, 9.17) is 4.74 Å². The molecule has 3 rings (SSSR count). The number of nitrogens with zero attached hydrogens (tertiary/aromatic N) is 5. The number of pyridine rings is 1. The molecule has 1 fully saturated rings. The number of hydrogen-bond donors (Lipinski definition) is 0. The summed E-state index contributed by atoms with van der Waals surface area (Å²) >= 11 is 1.49. The Balaban J connectivity index is 1.58. The molecule has 3 heterocycles. The third kappa shape index (κ3) is 3.95. The zero-order valence-corrected chi connectivity index (χ0v) is 14.4. The quantitative estimate of drug-likeness (QED) is 0.611. The van der Waals surface area contributed by atoms with E-state index in [0.717, 1.165) is 31.7 Å². The van der Waals surface area contributed by atoms with Crippen molar-refractivity contribution in [1.82, 2.24) is 15.0 Å². The normalized spacial score (nSPS) is 15.1. The molecular weight excluding hydrogens is 322 g/mol. The van der Waals surface area contributed by atoms with E-state index in [1.54, 1.807) is 12.4 Å². The van der Waals surface area contributed by atoms with Crippen LogP contribution in [0.3, 0.4) is 0 Å². The fourth-order valence-corrected chi connectivity index (χ4v) is 3.06. The van der Waals surface area contributed by atoms with Gasteiger partial charge in [-0.25, -0.2) is 15.0 Å². The second-order valence-electron chi connectivity index (χ2n) is 5.62. The Hall–Kier alpha value is -2.33. The van der Waals surface area contributed by atoms with Gasteiger partial charge in [-0.15, -0.1) is 0 Å². The van der Waals surface area contributed by atoms with E-state index >= 15 is 0 Å². The number of ether oxygens (including phenoxy) is 1. The third-order valence-corrected chi connectivity index (χ3v) is 4.63. The molecule has 1 saturated heterocycles. The van der Waals surface area contributed by atoms with Gasteiger partial charge in [-0.1, -0.05) is 17.8 Å². The summed E-state index contributed by atoms with van der Waals surface area (Å²) < 4.78 is 5.76. The van der Waals surface area contributed by atoms with Gasteiger partial charge in [-0.3, -0.25) is 0 Å². The first kappa shape index (κ1) is 16.5. The molecule has 0 aromatic carbocycles. The van der Waals surface area contributed by atoms with Gasteiger partial charge in [-0.2, -0.15) is 5.26 Å². The van der Waals surface area contributed by atoms with Gasteiger partial charge < -0.3 is 9.64 Å². The summed E-state index contributed by atoms with van der Waals surface area (Å²) in [6, 6.07) is 7.87. The first-order valence-corrected chi connectivity index (χ1v) is 9.12. The minimum atomic E-state index is 0.496. The van der Waals surface area contributed by atoms with Crippen molar-refractivity contribution in [2.45, 2.75) is 18.0 Å². The maximum atomic E-state index is 9.28. The second kappa shape index (κ2) is 7.97. The molecule has 2 aromatic rings. The predicted molar refractivity (Wildman–Crippen MR) is 93.2 cm³/mol. The fraction of sp³-hybridized carbons (Fsp3) is 0.412. The molecule has 0 aliphatic carbocycles. The van der Waals surface area contributed by atoms with Crippen LogP contribution in [0.2, 0.25) is 0 Å². The van der Waals surface area contributed by atoms with Crippen LogP contribution in [0.4, 0.5) is 5.82 Å². The zero-order valence-electron chi connectivity index (χ0n) is 13.6. The van der Waals surface area contributed by atoms with Crippen LogP contribution in [0.25, 0.3) is 0 Å². The van der Waals surface area contributed by atoms with E-state index in [2.05, 4.69) is 25.9 Å². The molecule has 6 nitrogen and oxygen atoms in total. The Labute approximate surface area is 145 Å². The van der Waals surface area contributed by atoms with Gasteiger partial charge >= 0.3 is 0 Å². The highest BCUT2D eigenvalue weighted by Crippen LogP contribution is 2.26. The lowest BCUT2D eigenvalue weighted by Gasteiger charge is -2.33. The largest absolute Gasteiger partial charge is 0.477 e. The molecule has 0 spiro atoms. The molecule has 0 bridgehead atoms. The van der Waals surface area contributed by atoms with Crippen LogP contribution in [0, 0.1) is 17.2 Å². The first-order valence-electron chi connectivity index (χ1n) is 7.90. The second-order valence-corrected chi connectivity index (χ2v) is 6.39. The monoisotopic (exact) mass is 341 g/mol. The molecule has 0 radical (unpaired) electrons. The van der Waals surface area contributed by atoms with Crippen molar-refractivity contribution in [1.29, 1.82) is 5.26 Å². The molecule has 1 aliphatic rings. The summed E-state index contributed by atoms with van der Waals surface area (Å²) in [5.41, 5.74) is 0.538. The van der Waals surface area contributed by atoms with Crippen LogP contribution >= 0.6 is 11.8 Å². The summed E-state index contributed by atoms with van der Waals surface area (Å²) in [4.78, 5) is 15.1. The number of rotatable bonds is 5. The van der Waals surface area contributed by atoms with Crippen LogP contribution in [0.15, 0.2) is 35.7 Å². The molecule has 0 amide bonds. The molecule has 0 atom stereocenters. The molecule has 1 aliphatic heterocycles. The van der Waals surface area contributed by atoms with E-state index < -0.39 is 0 Å². The number of piperidine rings is 1. The summed E-state index contributed by atoms with van der Waals surface area (Å²) in [7, 11) is 0. The predicted octanol–water partition coefficient (Wildman–Crippen LogP) is 2.76. The van der Waals surface area contributed by atoms with E-state index in [0.29, 0.717) is 29.1 Å². The van der Waals surface area contributed by atoms with Gasteiger partial charge in [-0.05, 0) is 31.1 Å². The van der Waals surface area contributed by atoms with Gasteiger partial charge in [0.05, 0.1) is 12.8 Å². The van der Waals surface area contributed by atoms with Gasteiger partial charge in [0, 0.05) is 25.4 Å². The van der Waals surface area contributed by atoms with Crippen molar-refractivity contribution in [3.8, 4) is 11.9 Å². The van der Waals surface area contributed by atoms with E-state index in [1.165, 1.54) is 11.8 Å². The molecule has 0 saturated carbocycles. The first-order chi connectivity index (χ1) is 11.8. The summed E-state index contributed by atoms with van der Waals surface area (Å²) in [6.07, 6.45) is 7.31. The minimum absolute atomic E-state index is 0.496. The van der Waals surface area contributed by atoms with Crippen molar-refractivity contribution in [3.05, 3.63) is 36.2 Å². The minimum Gasteiger partial charge on any atom is -0.477 e. The van der Waals surface area contributed by atoms with Crippen molar-refractivity contribution >= 4 is 17.6 Å². The number of anilines is 1. The number of aromatic nitrogens is 3. The lowest BCUT2D eigenvalue weighted by molar-refractivity contribution is 0.216. The summed E-state index contributed by atoms with van der Waals surface area (Å²) in [5.74, 6) is 1.92. The van der Waals surface area contributed by atoms with Crippen LogP contribution < -0.4 is 9.64 Å². The molecule has 24 heavy (non-hydrogen) atoms. The smallest absolute Gasteiger partial charge is 0.213 e. The van der Waals surface area contributed by atoms with Gasteiger partial charge in [0.15, 0.2) is 11.0 Å². The van der Waals surface area contributed by atoms with Crippen molar-refractivity contribution in [3.63, 3.8) is 0 Å². The standard InChI is InChI=1S/C17H19N5OS/c1-24-17-20-11-14(10-18)16(21-17)22-8-5-13(6-9-22)12-23-15-4-2-3-7-19-15/h2-4,7,11,13H,5-6,8-9,12H2,1H3. The van der Waals surface area contributed by atoms with Crippen LogP contribution in [0.1, 0.15) is 18.4 Å². The summed E-state index contributed by atoms with van der Waals surface area (Å²) in [6.45, 7) is 2.42. The zero-order chi connectivity index (χ0) is 16.8. The highest BCUT2D eigenvalue weighted by atomic mass is 32.2. The highest BCUT2D eigenvalue weighted by Gasteiger charge is 2.23. The van der Waals surface area contributed by atoms with Crippen molar-refractivity contribution < 1.29 is 4.74 Å². The Morgan fingerprint density at radius 2 is 2.17 bits per heavy atom. The Morgan fingerprint density at radius 3 is 2.83 bits per heavy atom. The summed E-state index contributed by atoms with van der Waals surface area (Å²) in [5, 5.41) is 9.98. The van der Waals surface area contributed by atoms with E-state index in [9.17, 15) is 5.26 Å². The van der Waals surface area contributed by atoms with Gasteiger partial charge in [0.1, 0.15) is 11.6 Å². The Kier molecular flexibility index (Phi) is 5.49. The molecular formula is C17H19N5OS. The van der Waals surface area contributed by atoms with E-state index in [1.807, 2.05) is 24.5 Å². The third-order valence-electron chi connectivity index (χ3n) is 4.07. The Morgan fingerprint density at radius 1 is 1.33 bits per heavy atom. The number of nitriles is 1. The van der Waals surface area contributed by atoms with Crippen LogP contribution in [-0.4, -0.2) is 40.9 Å². The molecule has 0 unspecified atom stereocenters. The highest BCUT2D eigenvalue weighted by molar-refractivity contribution is 7.98. The van der Waals surface area contributed by atoms with Gasteiger partial charge in [0.2, 0.25) is 5.88 Å². The fourth-order valence-electron chi connectivity index (χ4n) is 2.72. The maximum Gasteiger partial charge on any atom is 0.213 e. The molecule has 2 aromatic heterocycles. The topological polar surface area (TPSA) is 74.9 Å². The van der Waals surface area contributed by atoms with Crippen molar-refractivity contribution in [2.75, 3.05) is 30.9 Å². The lowest BCUT2D eigenvalue weighted by Crippen LogP contribution is -2.36. The lowest BCUT2D eigenvalue weighted by atomic mass is 9.97. The average molecular weight is 341 g/mol. The molecule has 124 valence electrons. The molecule has 0 N–H and O–H groups in total. The van der Waals surface area contributed by atoms with E-state index in [-0.39, 0.29) is 0 Å². The van der Waals surface area contributed by atoms with Crippen LogP contribution in [0.5, 0.6) is 5.88 Å². The number of hydrogen-bond acceptors (Lipinski definition) is 7.